The van der Waals surface area contributed by atoms with Crippen molar-refractivity contribution in [2.24, 2.45) is 7.05 Å². The normalized spacial score (nSPS) is 11.2. The number of aryl methyl sites for hydroxylation is 2. The number of nitrogens with one attached hydrogen (secondary N) is 1. The van der Waals surface area contributed by atoms with Gasteiger partial charge in [-0.1, -0.05) is 36.4 Å². The summed E-state index contributed by atoms with van der Waals surface area (Å²) in [6, 6.07) is 16.6. The number of benzene rings is 2. The highest BCUT2D eigenvalue weighted by atomic mass is 16.4. The van der Waals surface area contributed by atoms with E-state index < -0.39 is 0 Å². The van der Waals surface area contributed by atoms with Gasteiger partial charge in [-0.25, -0.2) is 4.79 Å². The molecule has 4 nitrogen and oxygen atoms in total. The Labute approximate surface area is 142 Å². The van der Waals surface area contributed by atoms with Crippen molar-refractivity contribution in [3.05, 3.63) is 70.2 Å². The Kier molecular flexibility index (Phi) is 5.49. The Morgan fingerprint density at radius 1 is 0.958 bits per heavy atom. The zero-order valence-electron chi connectivity index (χ0n) is 14.1. The number of nitrogens with zero attached hydrogens (tertiary/aromatic N) is 1. The summed E-state index contributed by atoms with van der Waals surface area (Å²) in [5, 5.41) is 3.49. The highest BCUT2D eigenvalue weighted by molar-refractivity contribution is 5.73. The summed E-state index contributed by atoms with van der Waals surface area (Å²) < 4.78 is 6.76. The largest absolute Gasteiger partial charge is 0.419 e. The van der Waals surface area contributed by atoms with Crippen molar-refractivity contribution in [1.82, 2.24) is 9.88 Å². The quantitative estimate of drug-likeness (QED) is 0.647. The van der Waals surface area contributed by atoms with Gasteiger partial charge in [0.15, 0.2) is 5.58 Å². The molecule has 0 saturated heterocycles. The fourth-order valence-corrected chi connectivity index (χ4v) is 2.92. The molecule has 0 aliphatic heterocycles. The Hall–Kier alpha value is -2.33. The third-order valence-electron chi connectivity index (χ3n) is 4.36. The molecule has 4 heteroatoms. The maximum absolute atomic E-state index is 11.5. The van der Waals surface area contributed by atoms with Crippen molar-refractivity contribution < 1.29 is 4.42 Å². The number of unbranched alkanes of at least 4 members (excludes halogenated alkanes) is 1. The lowest BCUT2D eigenvalue weighted by atomic mass is 10.1. The lowest BCUT2D eigenvalue weighted by molar-refractivity contribution is 0.527. The molecule has 0 aliphatic rings. The number of fused-ring (bicyclic) bond motifs is 1. The predicted octanol–water partition coefficient (Wildman–Crippen LogP) is 3.29. The second-order valence-electron chi connectivity index (χ2n) is 6.17. The van der Waals surface area contributed by atoms with Crippen LogP contribution in [0.25, 0.3) is 11.1 Å². The molecular weight excluding hydrogens is 300 g/mol. The molecule has 0 aliphatic carbocycles. The molecule has 0 spiro atoms. The first-order chi connectivity index (χ1) is 11.7. The van der Waals surface area contributed by atoms with Crippen LogP contribution < -0.4 is 11.1 Å². The van der Waals surface area contributed by atoms with E-state index in [1.54, 1.807) is 7.05 Å². The van der Waals surface area contributed by atoms with Crippen LogP contribution in [-0.2, 0) is 19.9 Å². The fraction of sp³-hybridized carbons (Fsp3) is 0.350. The summed E-state index contributed by atoms with van der Waals surface area (Å²) in [7, 11) is 1.73. The molecule has 0 radical (unpaired) electrons. The number of rotatable bonds is 8. The Morgan fingerprint density at radius 3 is 2.62 bits per heavy atom. The predicted molar refractivity (Wildman–Crippen MR) is 97.4 cm³/mol. The van der Waals surface area contributed by atoms with Crippen molar-refractivity contribution in [3.63, 3.8) is 0 Å². The van der Waals surface area contributed by atoms with Crippen LogP contribution in [0.4, 0.5) is 0 Å². The molecule has 1 N–H and O–H groups in total. The number of hydrogen-bond donors (Lipinski definition) is 1. The van der Waals surface area contributed by atoms with Crippen LogP contribution in [-0.4, -0.2) is 17.7 Å². The average Bonchev–Trinajstić information content (AvgIpc) is 2.89. The molecule has 3 aromatic rings. The van der Waals surface area contributed by atoms with Gasteiger partial charge in [-0.15, -0.1) is 0 Å². The minimum Gasteiger partial charge on any atom is -0.408 e. The third-order valence-corrected chi connectivity index (χ3v) is 4.36. The monoisotopic (exact) mass is 324 g/mol. The minimum atomic E-state index is -0.307. The average molecular weight is 324 g/mol. The molecule has 1 heterocycles. The van der Waals surface area contributed by atoms with E-state index in [1.807, 2.05) is 12.1 Å². The van der Waals surface area contributed by atoms with E-state index >= 15 is 0 Å². The standard InChI is InChI=1S/C20H24N2O2/c1-22-18-11-10-17(15-19(18)24-20(22)23)12-14-21-13-6-5-9-16-7-3-2-4-8-16/h2-4,7-8,10-11,15,21H,5-6,9,12-14H2,1H3. The van der Waals surface area contributed by atoms with Gasteiger partial charge in [0.1, 0.15) is 0 Å². The molecule has 0 fully saturated rings. The molecule has 2 aromatic carbocycles. The van der Waals surface area contributed by atoms with Crippen LogP contribution in [0.5, 0.6) is 0 Å². The first-order valence-corrected chi connectivity index (χ1v) is 8.57. The van der Waals surface area contributed by atoms with Gasteiger partial charge in [-0.3, -0.25) is 4.57 Å². The van der Waals surface area contributed by atoms with E-state index in [0.29, 0.717) is 5.58 Å². The van der Waals surface area contributed by atoms with E-state index in [-0.39, 0.29) is 5.76 Å². The van der Waals surface area contributed by atoms with Gasteiger partial charge in [0.05, 0.1) is 5.52 Å². The van der Waals surface area contributed by atoms with Crippen LogP contribution in [0, 0.1) is 0 Å². The number of hydrogen-bond acceptors (Lipinski definition) is 3. The van der Waals surface area contributed by atoms with Gasteiger partial charge in [-0.2, -0.15) is 0 Å². The summed E-state index contributed by atoms with van der Waals surface area (Å²) >= 11 is 0. The molecule has 24 heavy (non-hydrogen) atoms. The minimum absolute atomic E-state index is 0.307. The summed E-state index contributed by atoms with van der Waals surface area (Å²) in [6.45, 7) is 1.98. The molecule has 0 amide bonds. The number of aromatic nitrogens is 1. The van der Waals surface area contributed by atoms with Crippen LogP contribution >= 0.6 is 0 Å². The maximum Gasteiger partial charge on any atom is 0.419 e. The van der Waals surface area contributed by atoms with E-state index in [2.05, 4.69) is 41.7 Å². The van der Waals surface area contributed by atoms with Crippen LogP contribution in [0.1, 0.15) is 24.0 Å². The molecule has 126 valence electrons. The highest BCUT2D eigenvalue weighted by Crippen LogP contribution is 2.14. The van der Waals surface area contributed by atoms with Crippen molar-refractivity contribution in [2.45, 2.75) is 25.7 Å². The van der Waals surface area contributed by atoms with Gasteiger partial charge in [0, 0.05) is 7.05 Å². The molecule has 0 saturated carbocycles. The Morgan fingerprint density at radius 2 is 1.79 bits per heavy atom. The van der Waals surface area contributed by atoms with E-state index in [0.717, 1.165) is 31.4 Å². The summed E-state index contributed by atoms with van der Waals surface area (Å²) in [6.07, 6.45) is 4.47. The molecule has 0 unspecified atom stereocenters. The lowest BCUT2D eigenvalue weighted by Crippen LogP contribution is -2.18. The van der Waals surface area contributed by atoms with Crippen LogP contribution in [0.3, 0.4) is 0 Å². The highest BCUT2D eigenvalue weighted by Gasteiger charge is 2.06. The van der Waals surface area contributed by atoms with E-state index in [4.69, 9.17) is 4.42 Å². The van der Waals surface area contributed by atoms with Gasteiger partial charge in [-0.05, 0) is 62.0 Å². The molecule has 1 aromatic heterocycles. The fourth-order valence-electron chi connectivity index (χ4n) is 2.92. The molecule has 0 atom stereocenters. The summed E-state index contributed by atoms with van der Waals surface area (Å²) in [5.41, 5.74) is 4.12. The van der Waals surface area contributed by atoms with Gasteiger partial charge in [0.2, 0.25) is 0 Å². The zero-order chi connectivity index (χ0) is 16.8. The second-order valence-corrected chi connectivity index (χ2v) is 6.17. The third kappa shape index (κ3) is 4.15. The van der Waals surface area contributed by atoms with Crippen molar-refractivity contribution in [1.29, 1.82) is 0 Å². The first kappa shape index (κ1) is 16.5. The van der Waals surface area contributed by atoms with Crippen molar-refractivity contribution in [2.75, 3.05) is 13.1 Å². The summed E-state index contributed by atoms with van der Waals surface area (Å²) in [5.74, 6) is -0.307. The lowest BCUT2D eigenvalue weighted by Gasteiger charge is -2.05. The van der Waals surface area contributed by atoms with E-state index in [9.17, 15) is 4.79 Å². The smallest absolute Gasteiger partial charge is 0.408 e. The van der Waals surface area contributed by atoms with Crippen LogP contribution in [0.15, 0.2) is 57.7 Å². The topological polar surface area (TPSA) is 47.2 Å². The van der Waals surface area contributed by atoms with Gasteiger partial charge in [0.25, 0.3) is 0 Å². The number of oxazole rings is 1. The zero-order valence-corrected chi connectivity index (χ0v) is 14.1. The Balaban J connectivity index is 1.37. The molecule has 3 rings (SSSR count). The van der Waals surface area contributed by atoms with Crippen LogP contribution in [0.2, 0.25) is 0 Å². The second kappa shape index (κ2) is 7.97. The van der Waals surface area contributed by atoms with Gasteiger partial charge < -0.3 is 9.73 Å². The van der Waals surface area contributed by atoms with Crippen molar-refractivity contribution in [3.8, 4) is 0 Å². The molecule has 0 bridgehead atoms. The maximum atomic E-state index is 11.5. The SMILES string of the molecule is Cn1c(=O)oc2cc(CCNCCCCc3ccccc3)ccc21. The Bertz CT molecular complexity index is 834. The van der Waals surface area contributed by atoms with Crippen molar-refractivity contribution >= 4 is 11.1 Å². The summed E-state index contributed by atoms with van der Waals surface area (Å²) in [4.78, 5) is 11.5. The molecular formula is C20H24N2O2. The first-order valence-electron chi connectivity index (χ1n) is 8.57. The van der Waals surface area contributed by atoms with E-state index in [1.165, 1.54) is 28.5 Å². The van der Waals surface area contributed by atoms with Gasteiger partial charge >= 0.3 is 5.76 Å².